The summed E-state index contributed by atoms with van der Waals surface area (Å²) in [6.07, 6.45) is 6.73. The summed E-state index contributed by atoms with van der Waals surface area (Å²) in [5.74, 6) is 1.77. The van der Waals surface area contributed by atoms with E-state index < -0.39 is 0 Å². The van der Waals surface area contributed by atoms with Crippen molar-refractivity contribution in [3.05, 3.63) is 0 Å². The van der Waals surface area contributed by atoms with E-state index in [-0.39, 0.29) is 0 Å². The molecule has 0 saturated carbocycles. The molecule has 0 amide bonds. The first-order valence-electron chi connectivity index (χ1n) is 8.13. The van der Waals surface area contributed by atoms with Crippen LogP contribution in [0.25, 0.3) is 0 Å². The fraction of sp³-hybridized carbons (Fsp3) is 1.00. The summed E-state index contributed by atoms with van der Waals surface area (Å²) in [7, 11) is 0. The van der Waals surface area contributed by atoms with Crippen molar-refractivity contribution in [2.24, 2.45) is 11.8 Å². The summed E-state index contributed by atoms with van der Waals surface area (Å²) >= 11 is 0. The smallest absolute Gasteiger partial charge is 0.00679 e. The molecule has 0 aromatic rings. The molecule has 2 nitrogen and oxygen atoms in total. The first-order valence-corrected chi connectivity index (χ1v) is 8.13. The zero-order valence-electron chi connectivity index (χ0n) is 13.0. The number of hydrogen-bond acceptors (Lipinski definition) is 2. The average Bonchev–Trinajstić information content (AvgIpc) is 2.37. The van der Waals surface area contributed by atoms with Gasteiger partial charge in [-0.3, -0.25) is 0 Å². The molecule has 108 valence electrons. The molecular weight excluding hydrogens is 220 g/mol. The number of likely N-dealkylation sites (tertiary alicyclic amines) is 1. The molecule has 1 heterocycles. The number of nitrogens with zero attached hydrogens (tertiary/aromatic N) is 1. The van der Waals surface area contributed by atoms with Gasteiger partial charge in [-0.2, -0.15) is 0 Å². The molecule has 0 aliphatic carbocycles. The highest BCUT2D eigenvalue weighted by Crippen LogP contribution is 2.22. The Kier molecular flexibility index (Phi) is 7.92. The van der Waals surface area contributed by atoms with Crippen LogP contribution in [0.2, 0.25) is 0 Å². The van der Waals surface area contributed by atoms with Crippen LogP contribution in [0.15, 0.2) is 0 Å². The minimum absolute atomic E-state index is 0.708. The third-order valence-electron chi connectivity index (χ3n) is 4.41. The standard InChI is InChI=1S/C16H34N2/c1-5-7-14(3)13-18-11-8-16(9-12-18)15(4)17-10-6-2/h14-17H,5-13H2,1-4H3. The minimum Gasteiger partial charge on any atom is -0.314 e. The van der Waals surface area contributed by atoms with E-state index in [4.69, 9.17) is 0 Å². The molecule has 1 aliphatic heterocycles. The number of piperidine rings is 1. The topological polar surface area (TPSA) is 15.3 Å². The lowest BCUT2D eigenvalue weighted by Gasteiger charge is -2.36. The monoisotopic (exact) mass is 254 g/mol. The molecule has 1 rings (SSSR count). The molecule has 18 heavy (non-hydrogen) atoms. The Balaban J connectivity index is 2.19. The maximum atomic E-state index is 3.66. The normalized spacial score (nSPS) is 22.0. The molecule has 1 fully saturated rings. The van der Waals surface area contributed by atoms with E-state index in [9.17, 15) is 0 Å². The quantitative estimate of drug-likeness (QED) is 0.713. The van der Waals surface area contributed by atoms with Gasteiger partial charge in [0.1, 0.15) is 0 Å². The summed E-state index contributed by atoms with van der Waals surface area (Å²) in [5.41, 5.74) is 0. The zero-order valence-corrected chi connectivity index (χ0v) is 13.0. The van der Waals surface area contributed by atoms with Gasteiger partial charge in [-0.15, -0.1) is 0 Å². The molecule has 1 N–H and O–H groups in total. The van der Waals surface area contributed by atoms with E-state index in [0.29, 0.717) is 6.04 Å². The van der Waals surface area contributed by atoms with E-state index in [2.05, 4.69) is 37.9 Å². The first kappa shape index (κ1) is 16.0. The Morgan fingerprint density at radius 2 is 1.78 bits per heavy atom. The third kappa shape index (κ3) is 5.71. The van der Waals surface area contributed by atoms with Gasteiger partial charge in [-0.05, 0) is 64.1 Å². The van der Waals surface area contributed by atoms with E-state index in [1.165, 1.54) is 58.3 Å². The van der Waals surface area contributed by atoms with Crippen LogP contribution in [-0.4, -0.2) is 37.1 Å². The van der Waals surface area contributed by atoms with E-state index in [1.54, 1.807) is 0 Å². The summed E-state index contributed by atoms with van der Waals surface area (Å²) < 4.78 is 0. The fourth-order valence-corrected chi connectivity index (χ4v) is 3.20. The zero-order chi connectivity index (χ0) is 13.4. The SMILES string of the molecule is CCCNC(C)C1CCN(CC(C)CCC)CC1. The van der Waals surface area contributed by atoms with Crippen LogP contribution in [0.3, 0.4) is 0 Å². The number of nitrogens with one attached hydrogen (secondary N) is 1. The molecule has 2 heteroatoms. The lowest BCUT2D eigenvalue weighted by Crippen LogP contribution is -2.43. The molecule has 0 bridgehead atoms. The summed E-state index contributed by atoms with van der Waals surface area (Å²) in [6, 6.07) is 0.708. The predicted octanol–water partition coefficient (Wildman–Crippen LogP) is 3.52. The van der Waals surface area contributed by atoms with Gasteiger partial charge < -0.3 is 10.2 Å². The molecule has 0 spiro atoms. The second-order valence-electron chi connectivity index (χ2n) is 6.27. The van der Waals surface area contributed by atoms with Crippen molar-refractivity contribution in [2.75, 3.05) is 26.2 Å². The Labute approximate surface area is 115 Å². The van der Waals surface area contributed by atoms with Gasteiger partial charge >= 0.3 is 0 Å². The van der Waals surface area contributed by atoms with Crippen molar-refractivity contribution in [3.8, 4) is 0 Å². The van der Waals surface area contributed by atoms with Gasteiger partial charge in [0.25, 0.3) is 0 Å². The van der Waals surface area contributed by atoms with Gasteiger partial charge in [-0.25, -0.2) is 0 Å². The molecular formula is C16H34N2. The molecule has 2 unspecified atom stereocenters. The minimum atomic E-state index is 0.708. The van der Waals surface area contributed by atoms with Crippen molar-refractivity contribution < 1.29 is 0 Å². The van der Waals surface area contributed by atoms with Crippen LogP contribution in [-0.2, 0) is 0 Å². The van der Waals surface area contributed by atoms with Gasteiger partial charge in [0.15, 0.2) is 0 Å². The van der Waals surface area contributed by atoms with E-state index >= 15 is 0 Å². The van der Waals surface area contributed by atoms with Crippen LogP contribution >= 0.6 is 0 Å². The molecule has 0 aromatic heterocycles. The maximum absolute atomic E-state index is 3.66. The van der Waals surface area contributed by atoms with E-state index in [1.807, 2.05) is 0 Å². The number of rotatable bonds is 8. The Bertz CT molecular complexity index is 197. The lowest BCUT2D eigenvalue weighted by atomic mass is 9.89. The highest BCUT2D eigenvalue weighted by atomic mass is 15.1. The highest BCUT2D eigenvalue weighted by molar-refractivity contribution is 4.80. The van der Waals surface area contributed by atoms with Gasteiger partial charge in [0, 0.05) is 12.6 Å². The van der Waals surface area contributed by atoms with Crippen LogP contribution in [0.4, 0.5) is 0 Å². The van der Waals surface area contributed by atoms with Crippen LogP contribution < -0.4 is 5.32 Å². The Morgan fingerprint density at radius 3 is 2.33 bits per heavy atom. The van der Waals surface area contributed by atoms with Crippen LogP contribution in [0, 0.1) is 11.8 Å². The van der Waals surface area contributed by atoms with Gasteiger partial charge in [0.05, 0.1) is 0 Å². The van der Waals surface area contributed by atoms with Crippen LogP contribution in [0.5, 0.6) is 0 Å². The maximum Gasteiger partial charge on any atom is 0.00679 e. The second kappa shape index (κ2) is 8.92. The van der Waals surface area contributed by atoms with E-state index in [0.717, 1.165) is 11.8 Å². The molecule has 1 aliphatic rings. The highest BCUT2D eigenvalue weighted by Gasteiger charge is 2.23. The van der Waals surface area contributed by atoms with Crippen LogP contribution in [0.1, 0.15) is 59.8 Å². The molecule has 0 aromatic carbocycles. The molecule has 1 saturated heterocycles. The lowest BCUT2D eigenvalue weighted by molar-refractivity contribution is 0.144. The van der Waals surface area contributed by atoms with Crippen molar-refractivity contribution in [2.45, 2.75) is 65.8 Å². The Hall–Kier alpha value is -0.0800. The molecule has 0 radical (unpaired) electrons. The first-order chi connectivity index (χ1) is 8.67. The predicted molar refractivity (Wildman–Crippen MR) is 81.0 cm³/mol. The van der Waals surface area contributed by atoms with Crippen molar-refractivity contribution >= 4 is 0 Å². The number of hydrogen-bond donors (Lipinski definition) is 1. The summed E-state index contributed by atoms with van der Waals surface area (Å²) in [6.45, 7) is 14.4. The average molecular weight is 254 g/mol. The van der Waals surface area contributed by atoms with Gasteiger partial charge in [0.2, 0.25) is 0 Å². The van der Waals surface area contributed by atoms with Crippen molar-refractivity contribution in [3.63, 3.8) is 0 Å². The summed E-state index contributed by atoms with van der Waals surface area (Å²) in [4.78, 5) is 2.68. The second-order valence-corrected chi connectivity index (χ2v) is 6.27. The summed E-state index contributed by atoms with van der Waals surface area (Å²) in [5, 5.41) is 3.66. The largest absolute Gasteiger partial charge is 0.314 e. The third-order valence-corrected chi connectivity index (χ3v) is 4.41. The fourth-order valence-electron chi connectivity index (χ4n) is 3.20. The Morgan fingerprint density at radius 1 is 1.11 bits per heavy atom. The van der Waals surface area contributed by atoms with Crippen molar-refractivity contribution in [1.82, 2.24) is 10.2 Å². The van der Waals surface area contributed by atoms with Gasteiger partial charge in [-0.1, -0.05) is 27.2 Å². The van der Waals surface area contributed by atoms with Crippen molar-refractivity contribution in [1.29, 1.82) is 0 Å². The molecule has 2 atom stereocenters.